The van der Waals surface area contributed by atoms with Crippen LogP contribution in [0.1, 0.15) is 106 Å². The summed E-state index contributed by atoms with van der Waals surface area (Å²) in [4.78, 5) is 24.7. The van der Waals surface area contributed by atoms with Crippen LogP contribution in [0.5, 0.6) is 0 Å². The number of allylic oxidation sites excluding steroid dienone is 5. The van der Waals surface area contributed by atoms with Gasteiger partial charge in [0.25, 0.3) is 0 Å². The zero-order chi connectivity index (χ0) is 37.8. The minimum Gasteiger partial charge on any atom is -0.371 e. The third kappa shape index (κ3) is 32.7. The van der Waals surface area contributed by atoms with Crippen LogP contribution < -0.4 is 17.2 Å². The van der Waals surface area contributed by atoms with E-state index in [0.717, 1.165) is 37.9 Å². The van der Waals surface area contributed by atoms with Gasteiger partial charge in [-0.1, -0.05) is 94.5 Å². The largest absolute Gasteiger partial charge is 0.371 e. The van der Waals surface area contributed by atoms with Crippen LogP contribution in [0.15, 0.2) is 78.6 Å². The lowest BCUT2D eigenvalue weighted by Gasteiger charge is -2.30. The van der Waals surface area contributed by atoms with Crippen LogP contribution in [0, 0.1) is 0 Å². The molecule has 2 rings (SSSR count). The SMILES string of the molecule is C/C=C(/CN(C)C(=O)CCCc1ccccc1)N1CCC[C@H]1C.C/C=C\C.C=C(C)C(=C)C(F)CCC.C=O.CC.CC(N)N.CN. The molecule has 274 valence electrons. The molecule has 0 aliphatic carbocycles. The molecule has 1 heterocycles. The topological polar surface area (TPSA) is 119 Å². The second-order valence-corrected chi connectivity index (χ2v) is 10.6. The third-order valence-corrected chi connectivity index (χ3v) is 6.58. The highest BCUT2D eigenvalue weighted by Crippen LogP contribution is 2.22. The zero-order valence-corrected chi connectivity index (χ0v) is 32.2. The van der Waals surface area contributed by atoms with Crippen LogP contribution in [0.4, 0.5) is 4.39 Å². The van der Waals surface area contributed by atoms with Crippen LogP contribution >= 0.6 is 0 Å². The molecule has 7 nitrogen and oxygen atoms in total. The maximum absolute atomic E-state index is 12.9. The van der Waals surface area contributed by atoms with Crippen molar-refractivity contribution in [2.45, 2.75) is 126 Å². The number of alkyl halides is 1. The molecule has 1 unspecified atom stereocenters. The molecule has 0 spiro atoms. The summed E-state index contributed by atoms with van der Waals surface area (Å²) in [5.41, 5.74) is 18.2. The van der Waals surface area contributed by atoms with E-state index in [4.69, 9.17) is 16.3 Å². The fourth-order valence-electron chi connectivity index (χ4n) is 4.01. The molecule has 47 heavy (non-hydrogen) atoms. The van der Waals surface area contributed by atoms with Crippen molar-refractivity contribution in [1.29, 1.82) is 0 Å². The van der Waals surface area contributed by atoms with Crippen LogP contribution in [0.2, 0.25) is 0 Å². The Hall–Kier alpha value is -3.07. The normalized spacial score (nSPS) is 13.6. The Balaban J connectivity index is -0.000000203. The molecule has 0 saturated carbocycles. The monoisotopic (exact) mass is 664 g/mol. The average Bonchev–Trinajstić information content (AvgIpc) is 3.51. The number of carbonyl (C=O) groups excluding carboxylic acids is 2. The van der Waals surface area contributed by atoms with Crippen molar-refractivity contribution in [2.24, 2.45) is 17.2 Å². The molecule has 8 heteroatoms. The molecule has 1 saturated heterocycles. The smallest absolute Gasteiger partial charge is 0.222 e. The fourth-order valence-corrected chi connectivity index (χ4v) is 4.01. The predicted octanol–water partition coefficient (Wildman–Crippen LogP) is 8.36. The number of hydrogen-bond acceptors (Lipinski definition) is 6. The van der Waals surface area contributed by atoms with E-state index >= 15 is 0 Å². The van der Waals surface area contributed by atoms with Crippen molar-refractivity contribution in [3.8, 4) is 0 Å². The van der Waals surface area contributed by atoms with Crippen LogP contribution in [0.3, 0.4) is 0 Å². The Morgan fingerprint density at radius 1 is 1.09 bits per heavy atom. The molecule has 1 aliphatic heterocycles. The Kier molecular flexibility index (Phi) is 44.5. The number of likely N-dealkylation sites (tertiary alicyclic amines) is 1. The summed E-state index contributed by atoms with van der Waals surface area (Å²) in [5, 5.41) is 0. The standard InChI is InChI=1S/C20H30N2O.C9H15F.C4H8.C2H8N2.C2H6.CH5N.CH2O/c1-4-19(22-15-9-10-17(22)2)16-21(3)20(23)14-8-13-18-11-6-5-7-12-18;1-5-6-9(10)8(4)7(2)3;1-3-4-2;1-2(3)4;3*1-2/h4-7,11-12,17H,8-10,13-16H2,1-3H3;9H,2,4-6H2,1,3H3;3-4H,1-2H3;2H,3-4H2,1H3;1-2H3;2H2,1H3;1H2/b19-4-;;4-3-;;;;/t17-;;;;;;/m1....../s1. The Labute approximate surface area is 290 Å². The van der Waals surface area contributed by atoms with Gasteiger partial charge >= 0.3 is 0 Å². The van der Waals surface area contributed by atoms with Crippen LogP contribution in [-0.4, -0.2) is 68.1 Å². The minimum atomic E-state index is -0.887. The van der Waals surface area contributed by atoms with E-state index in [1.165, 1.54) is 31.1 Å². The number of nitrogens with two attached hydrogens (primary N) is 3. The van der Waals surface area contributed by atoms with E-state index in [9.17, 15) is 9.18 Å². The van der Waals surface area contributed by atoms with Crippen molar-refractivity contribution in [3.63, 3.8) is 0 Å². The van der Waals surface area contributed by atoms with E-state index in [0.29, 0.717) is 24.5 Å². The van der Waals surface area contributed by atoms with E-state index in [2.05, 4.69) is 68.0 Å². The van der Waals surface area contributed by atoms with Gasteiger partial charge < -0.3 is 31.8 Å². The predicted molar refractivity (Wildman–Crippen MR) is 207 cm³/mol. The van der Waals surface area contributed by atoms with Gasteiger partial charge in [0.1, 0.15) is 13.0 Å². The fraction of sp³-hybridized carbons (Fsp3) is 0.590. The quantitative estimate of drug-likeness (QED) is 0.124. The number of halogens is 1. The van der Waals surface area contributed by atoms with E-state index in [-0.39, 0.29) is 12.1 Å². The van der Waals surface area contributed by atoms with Crippen LogP contribution in [-0.2, 0) is 16.0 Å². The number of carbonyl (C=O) groups is 2. The van der Waals surface area contributed by atoms with E-state index in [1.807, 2.05) is 71.6 Å². The highest BCUT2D eigenvalue weighted by Gasteiger charge is 2.23. The molecule has 0 radical (unpaired) electrons. The van der Waals surface area contributed by atoms with Gasteiger partial charge in [0.05, 0.1) is 6.54 Å². The van der Waals surface area contributed by atoms with Gasteiger partial charge in [-0.05, 0) is 91.8 Å². The van der Waals surface area contributed by atoms with Crippen molar-refractivity contribution < 1.29 is 14.0 Å². The summed E-state index contributed by atoms with van der Waals surface area (Å²) in [6, 6.07) is 11.0. The van der Waals surface area contributed by atoms with Crippen molar-refractivity contribution in [2.75, 3.05) is 27.2 Å². The van der Waals surface area contributed by atoms with Gasteiger partial charge in [0, 0.05) is 37.9 Å². The van der Waals surface area contributed by atoms with Gasteiger partial charge in [0.15, 0.2) is 0 Å². The van der Waals surface area contributed by atoms with Gasteiger partial charge in [-0.15, -0.1) is 0 Å². The Bertz CT molecular complexity index is 912. The number of aryl methyl sites for hydroxylation is 1. The van der Waals surface area contributed by atoms with Crippen LogP contribution in [0.25, 0.3) is 0 Å². The van der Waals surface area contributed by atoms with Crippen molar-refractivity contribution in [3.05, 3.63) is 84.1 Å². The number of likely N-dealkylation sites (N-methyl/N-ethyl adjacent to an activating group) is 1. The van der Waals surface area contributed by atoms with Crippen molar-refractivity contribution in [1.82, 2.24) is 9.80 Å². The lowest BCUT2D eigenvalue weighted by molar-refractivity contribution is -0.129. The molecule has 1 aliphatic rings. The Morgan fingerprint density at radius 3 is 1.94 bits per heavy atom. The first-order chi connectivity index (χ1) is 22.4. The second-order valence-electron chi connectivity index (χ2n) is 10.6. The molecule has 0 bridgehead atoms. The number of amides is 1. The maximum atomic E-state index is 12.9. The van der Waals surface area contributed by atoms with Crippen molar-refractivity contribution >= 4 is 12.7 Å². The van der Waals surface area contributed by atoms with E-state index < -0.39 is 6.17 Å². The molecule has 6 N–H and O–H groups in total. The summed E-state index contributed by atoms with van der Waals surface area (Å²) in [7, 11) is 3.43. The van der Waals surface area contributed by atoms with Gasteiger partial charge in [-0.3, -0.25) is 4.79 Å². The number of benzene rings is 1. The highest BCUT2D eigenvalue weighted by atomic mass is 19.1. The minimum absolute atomic E-state index is 0.167. The molecule has 0 aromatic heterocycles. The molecule has 1 aromatic carbocycles. The number of rotatable bonds is 11. The third-order valence-electron chi connectivity index (χ3n) is 6.58. The summed E-state index contributed by atoms with van der Waals surface area (Å²) >= 11 is 0. The maximum Gasteiger partial charge on any atom is 0.222 e. The molecule has 1 amide bonds. The first-order valence-corrected chi connectivity index (χ1v) is 17.0. The molecular weight excluding hydrogens is 589 g/mol. The number of nitrogens with zero attached hydrogens (tertiary/aromatic N) is 2. The molecular formula is C39H74FN5O2. The average molecular weight is 664 g/mol. The first-order valence-electron chi connectivity index (χ1n) is 17.0. The lowest BCUT2D eigenvalue weighted by atomic mass is 10.0. The summed E-state index contributed by atoms with van der Waals surface area (Å²) < 4.78 is 12.9. The Morgan fingerprint density at radius 2 is 1.57 bits per heavy atom. The van der Waals surface area contributed by atoms with E-state index in [1.54, 1.807) is 13.8 Å². The second kappa shape index (κ2) is 39.1. The summed E-state index contributed by atoms with van der Waals surface area (Å²) in [6.07, 6.45) is 11.5. The highest BCUT2D eigenvalue weighted by molar-refractivity contribution is 5.76. The summed E-state index contributed by atoms with van der Waals surface area (Å²) in [5.74, 6) is 0.243. The number of hydrogen-bond donors (Lipinski definition) is 3. The first kappa shape index (κ1) is 53.4. The van der Waals surface area contributed by atoms with Gasteiger partial charge in [-0.25, -0.2) is 4.39 Å². The molecule has 1 aromatic rings. The van der Waals surface area contributed by atoms with Gasteiger partial charge in [-0.2, -0.15) is 0 Å². The molecule has 1 fully saturated rings. The molecule has 2 atom stereocenters. The van der Waals surface area contributed by atoms with Gasteiger partial charge in [0.2, 0.25) is 5.91 Å². The lowest BCUT2D eigenvalue weighted by Crippen LogP contribution is -2.36. The zero-order valence-electron chi connectivity index (χ0n) is 32.2. The summed E-state index contributed by atoms with van der Waals surface area (Å²) in [6.45, 7) is 28.9.